The molecular formula is C24H27ClF3N5O3. The Labute approximate surface area is 211 Å². The van der Waals surface area contributed by atoms with Gasteiger partial charge in [-0.3, -0.25) is 9.48 Å². The van der Waals surface area contributed by atoms with Gasteiger partial charge < -0.3 is 19.9 Å². The number of amides is 2. The minimum atomic E-state index is -4.55. The summed E-state index contributed by atoms with van der Waals surface area (Å²) in [5.41, 5.74) is 0.208. The molecule has 1 N–H and O–H groups in total. The summed E-state index contributed by atoms with van der Waals surface area (Å²) in [6.07, 6.45) is -1.53. The van der Waals surface area contributed by atoms with Crippen LogP contribution in [0.25, 0.3) is 0 Å². The number of hydrogen-bond acceptors (Lipinski definition) is 5. The second kappa shape index (κ2) is 9.59. The Bertz CT molecular complexity index is 1160. The summed E-state index contributed by atoms with van der Waals surface area (Å²) in [7, 11) is 0. The number of aryl methyl sites for hydroxylation is 1. The number of fused-ring (bicyclic) bond motifs is 1. The first-order valence-electron chi connectivity index (χ1n) is 12.0. The third kappa shape index (κ3) is 4.90. The topological polar surface area (TPSA) is 79.7 Å². The predicted octanol–water partition coefficient (Wildman–Crippen LogP) is 4.07. The molecule has 2 aliphatic heterocycles. The second-order valence-electron chi connectivity index (χ2n) is 9.63. The lowest BCUT2D eigenvalue weighted by Gasteiger charge is -2.53. The summed E-state index contributed by atoms with van der Waals surface area (Å²) in [6.45, 7) is 2.97. The van der Waals surface area contributed by atoms with Crippen LogP contribution >= 0.6 is 11.6 Å². The van der Waals surface area contributed by atoms with Crippen molar-refractivity contribution in [2.24, 2.45) is 0 Å². The van der Waals surface area contributed by atoms with E-state index in [9.17, 15) is 22.8 Å². The molecule has 0 unspecified atom stereocenters. The van der Waals surface area contributed by atoms with Crippen molar-refractivity contribution in [1.29, 1.82) is 0 Å². The number of ether oxygens (including phenoxy) is 1. The highest BCUT2D eigenvalue weighted by Gasteiger charge is 2.46. The Hall–Kier alpha value is -2.79. The number of piperazine rings is 1. The van der Waals surface area contributed by atoms with E-state index < -0.39 is 17.8 Å². The van der Waals surface area contributed by atoms with Gasteiger partial charge >= 0.3 is 12.3 Å². The molecule has 0 radical (unpaired) electrons. The predicted molar refractivity (Wildman–Crippen MR) is 124 cm³/mol. The van der Waals surface area contributed by atoms with E-state index in [1.807, 2.05) is 4.90 Å². The van der Waals surface area contributed by atoms with Crippen LogP contribution < -0.4 is 5.32 Å². The lowest BCUT2D eigenvalue weighted by Crippen LogP contribution is -2.66. The summed E-state index contributed by atoms with van der Waals surface area (Å²) >= 11 is 5.82. The highest BCUT2D eigenvalue weighted by molar-refractivity contribution is 6.30. The summed E-state index contributed by atoms with van der Waals surface area (Å²) in [5.74, 6) is -0.0904. The molecule has 3 aliphatic rings. The van der Waals surface area contributed by atoms with Crippen LogP contribution in [-0.4, -0.2) is 63.3 Å². The van der Waals surface area contributed by atoms with Crippen molar-refractivity contribution >= 4 is 23.6 Å². The van der Waals surface area contributed by atoms with E-state index in [1.54, 1.807) is 10.7 Å². The summed E-state index contributed by atoms with van der Waals surface area (Å²) in [4.78, 5) is 29.5. The number of carbonyl (C=O) groups is 2. The lowest BCUT2D eigenvalue weighted by atomic mass is 9.74. The van der Waals surface area contributed by atoms with Crippen LogP contribution in [0.3, 0.4) is 0 Å². The van der Waals surface area contributed by atoms with Crippen molar-refractivity contribution < 1.29 is 27.5 Å². The van der Waals surface area contributed by atoms with Gasteiger partial charge in [0.25, 0.3) is 5.91 Å². The van der Waals surface area contributed by atoms with Crippen LogP contribution in [0.15, 0.2) is 24.3 Å². The number of carbonyl (C=O) groups excluding carboxylic acids is 2. The van der Waals surface area contributed by atoms with Crippen molar-refractivity contribution in [3.63, 3.8) is 0 Å². The van der Waals surface area contributed by atoms with E-state index in [0.29, 0.717) is 37.4 Å². The number of halogens is 4. The van der Waals surface area contributed by atoms with Gasteiger partial charge in [-0.05, 0) is 55.5 Å². The average Bonchev–Trinajstić information content (AvgIpc) is 3.11. The molecule has 2 fully saturated rings. The fourth-order valence-electron chi connectivity index (χ4n) is 5.19. The maximum absolute atomic E-state index is 13.3. The molecule has 36 heavy (non-hydrogen) atoms. The van der Waals surface area contributed by atoms with Gasteiger partial charge in [-0.1, -0.05) is 11.6 Å². The largest absolute Gasteiger partial charge is 0.445 e. The summed E-state index contributed by atoms with van der Waals surface area (Å²) in [5, 5.41) is 7.85. The Morgan fingerprint density at radius 3 is 2.64 bits per heavy atom. The molecular weight excluding hydrogens is 499 g/mol. The fraction of sp³-hybridized carbons (Fsp3) is 0.542. The van der Waals surface area contributed by atoms with Crippen LogP contribution in [0.5, 0.6) is 0 Å². The number of nitrogens with one attached hydrogen (secondary N) is 1. The maximum atomic E-state index is 13.3. The fourth-order valence-corrected chi connectivity index (χ4v) is 5.45. The lowest BCUT2D eigenvalue weighted by molar-refractivity contribution is -0.137. The minimum Gasteiger partial charge on any atom is -0.445 e. The van der Waals surface area contributed by atoms with Gasteiger partial charge in [-0.25, -0.2) is 4.79 Å². The maximum Gasteiger partial charge on any atom is 0.416 e. The first-order valence-corrected chi connectivity index (χ1v) is 12.4. The molecule has 0 bridgehead atoms. The van der Waals surface area contributed by atoms with Crippen LogP contribution in [0.1, 0.15) is 53.0 Å². The molecule has 2 aromatic rings. The van der Waals surface area contributed by atoms with Gasteiger partial charge in [0, 0.05) is 37.7 Å². The van der Waals surface area contributed by atoms with Crippen molar-refractivity contribution in [2.45, 2.75) is 57.1 Å². The molecule has 1 aromatic heterocycles. The normalized spacial score (nSPS) is 19.4. The standard InChI is InChI=1S/C24H27ClF3N5O3/c25-18-10-16(9-17(11-18)24(26,27)28)14-36-22(35)31-6-2-7-33-19(13-31)12-20(30-33)21(34)32-8-5-29-15-23(32)3-1-4-23/h9-12,29H,1-8,13-15H2. The summed E-state index contributed by atoms with van der Waals surface area (Å²) < 4.78 is 46.2. The smallest absolute Gasteiger partial charge is 0.416 e. The van der Waals surface area contributed by atoms with Gasteiger partial charge in [0.05, 0.1) is 23.3 Å². The minimum absolute atomic E-state index is 0.0834. The number of nitrogens with zero attached hydrogens (tertiary/aromatic N) is 4. The molecule has 5 rings (SSSR count). The highest BCUT2D eigenvalue weighted by atomic mass is 35.5. The van der Waals surface area contributed by atoms with Crippen molar-refractivity contribution in [3.05, 3.63) is 51.8 Å². The first-order chi connectivity index (χ1) is 17.1. The van der Waals surface area contributed by atoms with Crippen LogP contribution in [-0.2, 0) is 30.6 Å². The Morgan fingerprint density at radius 1 is 1.11 bits per heavy atom. The summed E-state index contributed by atoms with van der Waals surface area (Å²) in [6, 6.07) is 4.81. The van der Waals surface area contributed by atoms with Gasteiger partial charge in [0.1, 0.15) is 6.61 Å². The quantitative estimate of drug-likeness (QED) is 0.653. The number of aromatic nitrogens is 2. The zero-order chi connectivity index (χ0) is 25.5. The van der Waals surface area contributed by atoms with E-state index in [0.717, 1.165) is 44.5 Å². The number of alkyl halides is 3. The average molecular weight is 526 g/mol. The number of rotatable bonds is 3. The molecule has 8 nitrogen and oxygen atoms in total. The zero-order valence-corrected chi connectivity index (χ0v) is 20.4. The molecule has 1 spiro atoms. The SMILES string of the molecule is O=C(OCc1cc(Cl)cc(C(F)(F)F)c1)N1CCCn2nc(C(=O)N3CCNCC34CCC4)cc2C1. The first kappa shape index (κ1) is 24.9. The van der Waals surface area contributed by atoms with E-state index in [4.69, 9.17) is 16.3 Å². The molecule has 1 aromatic carbocycles. The molecule has 1 saturated heterocycles. The van der Waals surface area contributed by atoms with E-state index in [-0.39, 0.29) is 35.2 Å². The molecule has 3 heterocycles. The van der Waals surface area contributed by atoms with Crippen LogP contribution in [0.4, 0.5) is 18.0 Å². The second-order valence-corrected chi connectivity index (χ2v) is 10.1. The van der Waals surface area contributed by atoms with Gasteiger partial charge in [0.15, 0.2) is 5.69 Å². The van der Waals surface area contributed by atoms with Crippen molar-refractivity contribution in [3.8, 4) is 0 Å². The van der Waals surface area contributed by atoms with Crippen molar-refractivity contribution in [2.75, 3.05) is 26.2 Å². The monoisotopic (exact) mass is 525 g/mol. The van der Waals surface area contributed by atoms with E-state index in [1.165, 1.54) is 11.0 Å². The third-order valence-electron chi connectivity index (χ3n) is 7.21. The molecule has 1 saturated carbocycles. The zero-order valence-electron chi connectivity index (χ0n) is 19.6. The highest BCUT2D eigenvalue weighted by Crippen LogP contribution is 2.39. The molecule has 2 amide bonds. The molecule has 0 atom stereocenters. The number of benzene rings is 1. The van der Waals surface area contributed by atoms with Gasteiger partial charge in [0.2, 0.25) is 0 Å². The molecule has 12 heteroatoms. The van der Waals surface area contributed by atoms with Gasteiger partial charge in [-0.15, -0.1) is 0 Å². The number of hydrogen-bond donors (Lipinski definition) is 1. The van der Waals surface area contributed by atoms with E-state index in [2.05, 4.69) is 10.4 Å². The Morgan fingerprint density at radius 2 is 1.92 bits per heavy atom. The molecule has 1 aliphatic carbocycles. The third-order valence-corrected chi connectivity index (χ3v) is 7.43. The van der Waals surface area contributed by atoms with E-state index >= 15 is 0 Å². The van der Waals surface area contributed by atoms with Gasteiger partial charge in [-0.2, -0.15) is 18.3 Å². The van der Waals surface area contributed by atoms with Crippen LogP contribution in [0, 0.1) is 0 Å². The Balaban J connectivity index is 1.25. The van der Waals surface area contributed by atoms with Crippen LogP contribution in [0.2, 0.25) is 5.02 Å². The van der Waals surface area contributed by atoms with Crippen molar-refractivity contribution in [1.82, 2.24) is 24.9 Å². The molecule has 194 valence electrons. The Kier molecular flexibility index (Phi) is 6.63.